The monoisotopic (exact) mass is 334 g/mol. The molecule has 0 bridgehead atoms. The summed E-state index contributed by atoms with van der Waals surface area (Å²) >= 11 is 0. The molecule has 1 aromatic heterocycles. The lowest BCUT2D eigenvalue weighted by atomic mass is 10.1. The number of non-ortho nitro benzene ring substituents is 1. The molecule has 124 valence electrons. The van der Waals surface area contributed by atoms with Crippen molar-refractivity contribution in [2.75, 3.05) is 0 Å². The van der Waals surface area contributed by atoms with Crippen molar-refractivity contribution < 1.29 is 9.72 Å². The van der Waals surface area contributed by atoms with E-state index in [1.807, 2.05) is 30.3 Å². The van der Waals surface area contributed by atoms with Gasteiger partial charge in [-0.2, -0.15) is 5.10 Å². The van der Waals surface area contributed by atoms with Gasteiger partial charge >= 0.3 is 0 Å². The number of benzene rings is 2. The Morgan fingerprint density at radius 1 is 1.20 bits per heavy atom. The number of nitro groups is 1. The molecule has 3 aromatic rings. The van der Waals surface area contributed by atoms with Crippen LogP contribution in [0.5, 0.6) is 0 Å². The molecule has 7 nitrogen and oxygen atoms in total. The Kier molecular flexibility index (Phi) is 4.75. The van der Waals surface area contributed by atoms with Gasteiger partial charge in [-0.05, 0) is 29.3 Å². The van der Waals surface area contributed by atoms with E-state index in [0.29, 0.717) is 5.56 Å². The Hall–Kier alpha value is -3.61. The van der Waals surface area contributed by atoms with Gasteiger partial charge in [0.25, 0.3) is 5.69 Å². The van der Waals surface area contributed by atoms with Crippen molar-refractivity contribution in [2.45, 2.75) is 6.42 Å². The van der Waals surface area contributed by atoms with Crippen molar-refractivity contribution in [2.24, 2.45) is 5.10 Å². The van der Waals surface area contributed by atoms with Crippen molar-refractivity contribution in [3.05, 3.63) is 82.0 Å². The third kappa shape index (κ3) is 4.23. The number of nitro benzene ring substituents is 1. The molecule has 0 atom stereocenters. The first-order valence-electron chi connectivity index (χ1n) is 7.52. The van der Waals surface area contributed by atoms with Crippen LogP contribution in [0, 0.1) is 10.1 Å². The molecule has 2 aromatic carbocycles. The fourth-order valence-electron chi connectivity index (χ4n) is 2.31. The first-order valence-corrected chi connectivity index (χ1v) is 7.52. The third-order valence-corrected chi connectivity index (χ3v) is 3.54. The SMILES string of the molecule is O=C(Cc1ccc([N+](=O)[O-])cc1)N/N=C\c1ccc2ncccc2c1. The van der Waals surface area contributed by atoms with Gasteiger partial charge in [0.05, 0.1) is 23.1 Å². The molecule has 3 rings (SSSR count). The maximum Gasteiger partial charge on any atom is 0.269 e. The van der Waals surface area contributed by atoms with E-state index in [9.17, 15) is 14.9 Å². The van der Waals surface area contributed by atoms with Crippen LogP contribution < -0.4 is 5.43 Å². The van der Waals surface area contributed by atoms with E-state index in [-0.39, 0.29) is 18.0 Å². The highest BCUT2D eigenvalue weighted by Crippen LogP contribution is 2.13. The molecule has 0 radical (unpaired) electrons. The Morgan fingerprint density at radius 2 is 2.00 bits per heavy atom. The first kappa shape index (κ1) is 16.3. The molecular formula is C18H14N4O3. The summed E-state index contributed by atoms with van der Waals surface area (Å²) in [5.41, 5.74) is 4.85. The minimum Gasteiger partial charge on any atom is -0.273 e. The van der Waals surface area contributed by atoms with Gasteiger partial charge in [-0.15, -0.1) is 0 Å². The molecule has 0 unspecified atom stereocenters. The summed E-state index contributed by atoms with van der Waals surface area (Å²) in [7, 11) is 0. The highest BCUT2D eigenvalue weighted by molar-refractivity contribution is 5.89. The van der Waals surface area contributed by atoms with Gasteiger partial charge in [0.2, 0.25) is 5.91 Å². The van der Waals surface area contributed by atoms with Crippen molar-refractivity contribution in [3.63, 3.8) is 0 Å². The number of hydrazone groups is 1. The van der Waals surface area contributed by atoms with Gasteiger partial charge in [0, 0.05) is 23.7 Å². The Balaban J connectivity index is 1.59. The molecule has 7 heteroatoms. The predicted molar refractivity (Wildman–Crippen MR) is 94.3 cm³/mol. The highest BCUT2D eigenvalue weighted by atomic mass is 16.6. The average molecular weight is 334 g/mol. The fourth-order valence-corrected chi connectivity index (χ4v) is 2.31. The molecule has 25 heavy (non-hydrogen) atoms. The van der Waals surface area contributed by atoms with E-state index >= 15 is 0 Å². The summed E-state index contributed by atoms with van der Waals surface area (Å²) in [4.78, 5) is 26.2. The van der Waals surface area contributed by atoms with Crippen LogP contribution in [-0.4, -0.2) is 22.0 Å². The van der Waals surface area contributed by atoms with E-state index < -0.39 is 4.92 Å². The number of aromatic nitrogens is 1. The maximum absolute atomic E-state index is 11.9. The van der Waals surface area contributed by atoms with Crippen LogP contribution in [0.1, 0.15) is 11.1 Å². The summed E-state index contributed by atoms with van der Waals surface area (Å²) in [5, 5.41) is 15.5. The molecule has 1 N–H and O–H groups in total. The van der Waals surface area contributed by atoms with Gasteiger partial charge < -0.3 is 0 Å². The van der Waals surface area contributed by atoms with Crippen LogP contribution in [0.25, 0.3) is 10.9 Å². The van der Waals surface area contributed by atoms with Crippen molar-refractivity contribution in [1.29, 1.82) is 0 Å². The zero-order valence-electron chi connectivity index (χ0n) is 13.1. The second-order valence-electron chi connectivity index (χ2n) is 5.35. The molecule has 0 aliphatic heterocycles. The van der Waals surface area contributed by atoms with Crippen molar-refractivity contribution >= 4 is 28.7 Å². The van der Waals surface area contributed by atoms with Crippen LogP contribution in [0.3, 0.4) is 0 Å². The lowest BCUT2D eigenvalue weighted by Gasteiger charge is -2.01. The van der Waals surface area contributed by atoms with E-state index in [4.69, 9.17) is 0 Å². The number of rotatable bonds is 5. The minimum atomic E-state index is -0.479. The summed E-state index contributed by atoms with van der Waals surface area (Å²) in [6.45, 7) is 0. The van der Waals surface area contributed by atoms with Gasteiger partial charge in [0.15, 0.2) is 0 Å². The summed E-state index contributed by atoms with van der Waals surface area (Å²) < 4.78 is 0. The van der Waals surface area contributed by atoms with Gasteiger partial charge in [-0.25, -0.2) is 5.43 Å². The maximum atomic E-state index is 11.9. The molecule has 0 saturated heterocycles. The smallest absolute Gasteiger partial charge is 0.269 e. The van der Waals surface area contributed by atoms with E-state index in [0.717, 1.165) is 16.5 Å². The van der Waals surface area contributed by atoms with Crippen LogP contribution in [-0.2, 0) is 11.2 Å². The summed E-state index contributed by atoms with van der Waals surface area (Å²) in [6.07, 6.45) is 3.38. The highest BCUT2D eigenvalue weighted by Gasteiger charge is 2.06. The number of hydrogen-bond donors (Lipinski definition) is 1. The lowest BCUT2D eigenvalue weighted by Crippen LogP contribution is -2.19. The Bertz CT molecular complexity index is 952. The van der Waals surface area contributed by atoms with Crippen LogP contribution >= 0.6 is 0 Å². The molecule has 0 fully saturated rings. The molecule has 0 aliphatic rings. The van der Waals surface area contributed by atoms with Gasteiger partial charge in [-0.1, -0.05) is 24.3 Å². The van der Waals surface area contributed by atoms with E-state index in [1.165, 1.54) is 12.1 Å². The second kappa shape index (κ2) is 7.31. The zero-order valence-corrected chi connectivity index (χ0v) is 13.1. The summed E-state index contributed by atoms with van der Waals surface area (Å²) in [6, 6.07) is 15.3. The van der Waals surface area contributed by atoms with Crippen LogP contribution in [0.4, 0.5) is 5.69 Å². The third-order valence-electron chi connectivity index (χ3n) is 3.54. The number of carbonyl (C=O) groups is 1. The van der Waals surface area contributed by atoms with Gasteiger partial charge in [0.1, 0.15) is 0 Å². The number of hydrogen-bond acceptors (Lipinski definition) is 5. The van der Waals surface area contributed by atoms with Gasteiger partial charge in [-0.3, -0.25) is 19.9 Å². The van der Waals surface area contributed by atoms with E-state index in [2.05, 4.69) is 15.5 Å². The number of fused-ring (bicyclic) bond motifs is 1. The second-order valence-corrected chi connectivity index (χ2v) is 5.35. The molecule has 1 amide bonds. The summed E-state index contributed by atoms with van der Waals surface area (Å²) in [5.74, 6) is -0.299. The van der Waals surface area contributed by atoms with Crippen molar-refractivity contribution in [3.8, 4) is 0 Å². The topological polar surface area (TPSA) is 97.5 Å². The predicted octanol–water partition coefficient (Wildman–Crippen LogP) is 2.84. The number of carbonyl (C=O) groups excluding carboxylic acids is 1. The van der Waals surface area contributed by atoms with Crippen LogP contribution in [0.15, 0.2) is 65.9 Å². The number of nitrogens with zero attached hydrogens (tertiary/aromatic N) is 3. The molecule has 0 saturated carbocycles. The molecule has 0 aliphatic carbocycles. The number of nitrogens with one attached hydrogen (secondary N) is 1. The van der Waals surface area contributed by atoms with Crippen molar-refractivity contribution in [1.82, 2.24) is 10.4 Å². The fraction of sp³-hybridized carbons (Fsp3) is 0.0556. The van der Waals surface area contributed by atoms with E-state index in [1.54, 1.807) is 24.5 Å². The quantitative estimate of drug-likeness (QED) is 0.441. The average Bonchev–Trinajstić information content (AvgIpc) is 2.62. The standard InChI is InChI=1S/C18H14N4O3/c23-18(11-13-3-6-16(7-4-13)22(24)25)21-20-12-14-5-8-17-15(10-14)2-1-9-19-17/h1-10,12H,11H2,(H,21,23)/b20-12-. The lowest BCUT2D eigenvalue weighted by molar-refractivity contribution is -0.384. The first-order chi connectivity index (χ1) is 12.1. The zero-order chi connectivity index (χ0) is 17.6. The number of amides is 1. The minimum absolute atomic E-state index is 0.00651. The molecule has 0 spiro atoms. The molecule has 1 heterocycles. The largest absolute Gasteiger partial charge is 0.273 e. The number of pyridine rings is 1. The van der Waals surface area contributed by atoms with Crippen LogP contribution in [0.2, 0.25) is 0 Å². The molecular weight excluding hydrogens is 320 g/mol. The normalized spacial score (nSPS) is 10.9. The Morgan fingerprint density at radius 3 is 2.76 bits per heavy atom. The Labute approximate surface area is 143 Å².